The van der Waals surface area contributed by atoms with Gasteiger partial charge in [-0.25, -0.2) is 8.42 Å². The molecule has 0 aliphatic heterocycles. The zero-order valence-electron chi connectivity index (χ0n) is 17.6. The van der Waals surface area contributed by atoms with Crippen LogP contribution in [0, 0.1) is 27.7 Å². The van der Waals surface area contributed by atoms with Crippen LogP contribution in [0.2, 0.25) is 0 Å². The molecule has 0 saturated carbocycles. The fourth-order valence-electron chi connectivity index (χ4n) is 3.09. The van der Waals surface area contributed by atoms with E-state index in [0.29, 0.717) is 11.4 Å². The second-order valence-corrected chi connectivity index (χ2v) is 9.39. The molecule has 0 aliphatic rings. The molecule has 1 amide bonds. The van der Waals surface area contributed by atoms with Crippen LogP contribution in [0.4, 0.5) is 11.4 Å². The van der Waals surface area contributed by atoms with Crippen LogP contribution in [0.5, 0.6) is 0 Å². The van der Waals surface area contributed by atoms with E-state index in [9.17, 15) is 13.2 Å². The summed E-state index contributed by atoms with van der Waals surface area (Å²) in [5, 5.41) is 2.79. The first kappa shape index (κ1) is 21.6. The van der Waals surface area contributed by atoms with Crippen LogP contribution in [0.15, 0.2) is 71.6 Å². The first-order chi connectivity index (χ1) is 14.2. The van der Waals surface area contributed by atoms with E-state index in [4.69, 9.17) is 0 Å². The lowest BCUT2D eigenvalue weighted by atomic mass is 10.1. The Morgan fingerprint density at radius 2 is 1.33 bits per heavy atom. The quantitative estimate of drug-likeness (QED) is 0.623. The summed E-state index contributed by atoms with van der Waals surface area (Å²) in [5.41, 5.74) is 4.85. The van der Waals surface area contributed by atoms with Crippen LogP contribution in [-0.2, 0) is 14.8 Å². The van der Waals surface area contributed by atoms with Gasteiger partial charge in [-0.3, -0.25) is 9.10 Å². The summed E-state index contributed by atoms with van der Waals surface area (Å²) in [5.74, 6) is -0.407. The lowest BCUT2D eigenvalue weighted by molar-refractivity contribution is -0.114. The highest BCUT2D eigenvalue weighted by Crippen LogP contribution is 2.28. The van der Waals surface area contributed by atoms with Crippen LogP contribution >= 0.6 is 0 Å². The van der Waals surface area contributed by atoms with Gasteiger partial charge in [0.05, 0.1) is 10.6 Å². The number of hydrogen-bond donors (Lipinski definition) is 1. The lowest BCUT2D eigenvalue weighted by Crippen LogP contribution is -2.38. The second kappa shape index (κ2) is 8.71. The fraction of sp³-hybridized carbons (Fsp3) is 0.208. The van der Waals surface area contributed by atoms with Crippen molar-refractivity contribution in [3.8, 4) is 0 Å². The number of nitrogens with one attached hydrogen (secondary N) is 1. The molecule has 0 heterocycles. The van der Waals surface area contributed by atoms with Crippen molar-refractivity contribution >= 4 is 27.3 Å². The van der Waals surface area contributed by atoms with E-state index in [1.165, 1.54) is 4.31 Å². The number of benzene rings is 3. The summed E-state index contributed by atoms with van der Waals surface area (Å²) < 4.78 is 28.2. The minimum atomic E-state index is -3.93. The highest BCUT2D eigenvalue weighted by molar-refractivity contribution is 7.92. The first-order valence-corrected chi connectivity index (χ1v) is 11.1. The van der Waals surface area contributed by atoms with E-state index in [2.05, 4.69) is 5.32 Å². The highest BCUT2D eigenvalue weighted by atomic mass is 32.2. The van der Waals surface area contributed by atoms with E-state index in [1.54, 1.807) is 42.5 Å². The SMILES string of the molecule is Cc1ccc(NC(=O)CN(c2cc(C)ccc2C)S(=O)(=O)c2ccc(C)cc2)cc1. The lowest BCUT2D eigenvalue weighted by Gasteiger charge is -2.26. The molecule has 0 spiro atoms. The average molecular weight is 423 g/mol. The van der Waals surface area contributed by atoms with Crippen molar-refractivity contribution in [2.24, 2.45) is 0 Å². The van der Waals surface area contributed by atoms with Crippen molar-refractivity contribution in [3.05, 3.63) is 89.0 Å². The molecule has 0 atom stereocenters. The Bertz CT molecular complexity index is 1150. The topological polar surface area (TPSA) is 66.5 Å². The monoisotopic (exact) mass is 422 g/mol. The predicted octanol–water partition coefficient (Wildman–Crippen LogP) is 4.75. The molecule has 3 rings (SSSR count). The summed E-state index contributed by atoms with van der Waals surface area (Å²) in [6, 6.07) is 19.6. The number of rotatable bonds is 6. The van der Waals surface area contributed by atoms with E-state index >= 15 is 0 Å². The van der Waals surface area contributed by atoms with Crippen LogP contribution < -0.4 is 9.62 Å². The standard InChI is InChI=1S/C24H26N2O3S/c1-17-6-11-21(12-7-17)25-24(27)16-26(23-15-19(3)5-10-20(23)4)30(28,29)22-13-8-18(2)9-14-22/h5-15H,16H2,1-4H3,(H,25,27). The summed E-state index contributed by atoms with van der Waals surface area (Å²) in [6.45, 7) is 7.26. The zero-order valence-corrected chi connectivity index (χ0v) is 18.5. The molecule has 0 fully saturated rings. The molecule has 0 saturated heterocycles. The van der Waals surface area contributed by atoms with Crippen molar-refractivity contribution in [2.45, 2.75) is 32.6 Å². The molecule has 6 heteroatoms. The summed E-state index contributed by atoms with van der Waals surface area (Å²) in [7, 11) is -3.93. The number of nitrogens with zero attached hydrogens (tertiary/aromatic N) is 1. The Balaban J connectivity index is 1.99. The van der Waals surface area contributed by atoms with Gasteiger partial charge in [-0.05, 0) is 69.2 Å². The molecular weight excluding hydrogens is 396 g/mol. The molecule has 156 valence electrons. The van der Waals surface area contributed by atoms with Crippen LogP contribution in [0.25, 0.3) is 0 Å². The summed E-state index contributed by atoms with van der Waals surface area (Å²) >= 11 is 0. The average Bonchev–Trinajstić information content (AvgIpc) is 2.70. The first-order valence-electron chi connectivity index (χ1n) is 9.70. The molecule has 0 aliphatic carbocycles. The number of carbonyl (C=O) groups is 1. The maximum Gasteiger partial charge on any atom is 0.264 e. The molecule has 0 bridgehead atoms. The molecule has 30 heavy (non-hydrogen) atoms. The molecular formula is C24H26N2O3S. The third kappa shape index (κ3) is 4.89. The molecule has 5 nitrogen and oxygen atoms in total. The third-order valence-corrected chi connectivity index (χ3v) is 6.64. The summed E-state index contributed by atoms with van der Waals surface area (Å²) in [4.78, 5) is 12.9. The van der Waals surface area contributed by atoms with E-state index in [-0.39, 0.29) is 11.4 Å². The minimum Gasteiger partial charge on any atom is -0.325 e. The number of carbonyl (C=O) groups excluding carboxylic acids is 1. The molecule has 3 aromatic carbocycles. The van der Waals surface area contributed by atoms with Gasteiger partial charge in [-0.1, -0.05) is 47.5 Å². The van der Waals surface area contributed by atoms with Gasteiger partial charge in [0.1, 0.15) is 6.54 Å². The van der Waals surface area contributed by atoms with Gasteiger partial charge < -0.3 is 5.32 Å². The number of sulfonamides is 1. The van der Waals surface area contributed by atoms with Gasteiger partial charge in [-0.15, -0.1) is 0 Å². The van der Waals surface area contributed by atoms with Crippen LogP contribution in [0.1, 0.15) is 22.3 Å². The summed E-state index contributed by atoms with van der Waals surface area (Å²) in [6.07, 6.45) is 0. The van der Waals surface area contributed by atoms with E-state index < -0.39 is 15.9 Å². The number of anilines is 2. The number of hydrogen-bond acceptors (Lipinski definition) is 3. The zero-order chi connectivity index (χ0) is 21.9. The van der Waals surface area contributed by atoms with Gasteiger partial charge in [0.15, 0.2) is 0 Å². The molecule has 0 radical (unpaired) electrons. The maximum absolute atomic E-state index is 13.5. The van der Waals surface area contributed by atoms with E-state index in [0.717, 1.165) is 22.3 Å². The predicted molar refractivity (Wildman–Crippen MR) is 121 cm³/mol. The fourth-order valence-corrected chi connectivity index (χ4v) is 4.57. The van der Waals surface area contributed by atoms with Crippen LogP contribution in [-0.4, -0.2) is 20.9 Å². The Morgan fingerprint density at radius 3 is 1.93 bits per heavy atom. The molecule has 1 N–H and O–H groups in total. The molecule has 0 aromatic heterocycles. The Hall–Kier alpha value is -3.12. The molecule has 0 unspecified atom stereocenters. The third-order valence-electron chi connectivity index (χ3n) is 4.86. The van der Waals surface area contributed by atoms with Gasteiger partial charge in [0.25, 0.3) is 10.0 Å². The Kier molecular flexibility index (Phi) is 6.27. The number of amides is 1. The normalized spacial score (nSPS) is 11.2. The van der Waals surface area contributed by atoms with Crippen molar-refractivity contribution in [1.29, 1.82) is 0 Å². The van der Waals surface area contributed by atoms with Gasteiger partial charge in [0.2, 0.25) is 5.91 Å². The molecule has 3 aromatic rings. The van der Waals surface area contributed by atoms with Crippen molar-refractivity contribution in [3.63, 3.8) is 0 Å². The van der Waals surface area contributed by atoms with Gasteiger partial charge in [-0.2, -0.15) is 0 Å². The van der Waals surface area contributed by atoms with Crippen LogP contribution in [0.3, 0.4) is 0 Å². The van der Waals surface area contributed by atoms with Gasteiger partial charge >= 0.3 is 0 Å². The Labute approximate surface area is 178 Å². The van der Waals surface area contributed by atoms with Crippen molar-refractivity contribution < 1.29 is 13.2 Å². The van der Waals surface area contributed by atoms with Gasteiger partial charge in [0, 0.05) is 5.69 Å². The van der Waals surface area contributed by atoms with Crippen molar-refractivity contribution in [1.82, 2.24) is 0 Å². The largest absolute Gasteiger partial charge is 0.325 e. The smallest absolute Gasteiger partial charge is 0.264 e. The highest BCUT2D eigenvalue weighted by Gasteiger charge is 2.28. The van der Waals surface area contributed by atoms with Crippen molar-refractivity contribution in [2.75, 3.05) is 16.2 Å². The Morgan fingerprint density at radius 1 is 0.800 bits per heavy atom. The minimum absolute atomic E-state index is 0.150. The number of aryl methyl sites for hydroxylation is 4. The maximum atomic E-state index is 13.5. The second-order valence-electron chi connectivity index (χ2n) is 7.53. The van der Waals surface area contributed by atoms with E-state index in [1.807, 2.05) is 52.0 Å².